The Morgan fingerprint density at radius 2 is 1.74 bits per heavy atom. The maximum atomic E-state index is 13.5. The smallest absolute Gasteiger partial charge is 0.167 e. The summed E-state index contributed by atoms with van der Waals surface area (Å²) in [7, 11) is 0. The molecule has 2 aromatic rings. The quantitative estimate of drug-likeness (QED) is 0.856. The first-order valence-electron chi connectivity index (χ1n) is 5.75. The van der Waals surface area contributed by atoms with E-state index in [1.807, 2.05) is 0 Å². The van der Waals surface area contributed by atoms with Crippen molar-refractivity contribution in [2.75, 3.05) is 12.3 Å². The average Bonchev–Trinajstić information content (AvgIpc) is 2.38. The lowest BCUT2D eigenvalue weighted by molar-refractivity contribution is 0.319. The molecule has 0 unspecified atom stereocenters. The number of nitrogens with two attached hydrogens (primary N) is 1. The monoisotopic (exact) mass is 265 g/mol. The lowest BCUT2D eigenvalue weighted by atomic mass is 10.2. The van der Waals surface area contributed by atoms with E-state index in [0.717, 1.165) is 6.07 Å². The van der Waals surface area contributed by atoms with Crippen LogP contribution < -0.4 is 15.2 Å². The Kier molecular flexibility index (Phi) is 3.85. The molecule has 3 nitrogen and oxygen atoms in total. The summed E-state index contributed by atoms with van der Waals surface area (Å²) in [4.78, 5) is 0. The molecule has 5 heteroatoms. The third-order valence-corrected chi connectivity index (χ3v) is 2.41. The fourth-order valence-electron chi connectivity index (χ4n) is 1.53. The summed E-state index contributed by atoms with van der Waals surface area (Å²) >= 11 is 0. The van der Waals surface area contributed by atoms with E-state index < -0.39 is 5.82 Å². The van der Waals surface area contributed by atoms with Crippen LogP contribution >= 0.6 is 0 Å². The molecule has 100 valence electrons. The lowest BCUT2D eigenvalue weighted by Crippen LogP contribution is -1.99. The molecule has 0 aliphatic heterocycles. The normalized spacial score (nSPS) is 10.3. The van der Waals surface area contributed by atoms with Crippen molar-refractivity contribution in [2.24, 2.45) is 0 Å². The predicted octanol–water partition coefficient (Wildman–Crippen LogP) is 3.74. The van der Waals surface area contributed by atoms with Gasteiger partial charge in [-0.1, -0.05) is 0 Å². The first kappa shape index (κ1) is 13.1. The number of rotatable bonds is 4. The summed E-state index contributed by atoms with van der Waals surface area (Å²) in [5.74, 6) is -0.187. The summed E-state index contributed by atoms with van der Waals surface area (Å²) < 4.78 is 36.9. The van der Waals surface area contributed by atoms with Gasteiger partial charge in [-0.2, -0.15) is 0 Å². The number of benzene rings is 2. The molecule has 0 bridgehead atoms. The highest BCUT2D eigenvalue weighted by molar-refractivity contribution is 5.57. The van der Waals surface area contributed by atoms with Crippen LogP contribution in [0.3, 0.4) is 0 Å². The Hall–Kier alpha value is -2.30. The van der Waals surface area contributed by atoms with Crippen LogP contribution in [0.2, 0.25) is 0 Å². The van der Waals surface area contributed by atoms with E-state index in [4.69, 9.17) is 15.2 Å². The highest BCUT2D eigenvalue weighted by Crippen LogP contribution is 2.33. The van der Waals surface area contributed by atoms with Crippen molar-refractivity contribution >= 4 is 5.69 Å². The second kappa shape index (κ2) is 5.56. The van der Waals surface area contributed by atoms with Gasteiger partial charge in [-0.15, -0.1) is 0 Å². The Morgan fingerprint density at radius 3 is 2.37 bits per heavy atom. The van der Waals surface area contributed by atoms with E-state index in [2.05, 4.69) is 0 Å². The number of anilines is 1. The molecular formula is C14H13F2NO2. The summed E-state index contributed by atoms with van der Waals surface area (Å²) in [6.07, 6.45) is 0. The van der Waals surface area contributed by atoms with Gasteiger partial charge in [-0.05, 0) is 31.2 Å². The first-order valence-corrected chi connectivity index (χ1v) is 5.75. The number of halogens is 2. The van der Waals surface area contributed by atoms with Crippen LogP contribution in [0.1, 0.15) is 6.92 Å². The zero-order valence-electron chi connectivity index (χ0n) is 10.3. The third kappa shape index (κ3) is 3.13. The highest BCUT2D eigenvalue weighted by atomic mass is 19.1. The van der Waals surface area contributed by atoms with Gasteiger partial charge in [0.2, 0.25) is 0 Å². The fraction of sp³-hybridized carbons (Fsp3) is 0.143. The molecule has 0 aromatic heterocycles. The van der Waals surface area contributed by atoms with Gasteiger partial charge in [-0.3, -0.25) is 0 Å². The van der Waals surface area contributed by atoms with Crippen molar-refractivity contribution in [3.63, 3.8) is 0 Å². The minimum Gasteiger partial charge on any atom is -0.491 e. The van der Waals surface area contributed by atoms with Gasteiger partial charge in [-0.25, -0.2) is 8.78 Å². The number of nitrogen functional groups attached to an aromatic ring is 1. The highest BCUT2D eigenvalue weighted by Gasteiger charge is 2.10. The van der Waals surface area contributed by atoms with Gasteiger partial charge >= 0.3 is 0 Å². The molecule has 0 aliphatic carbocycles. The molecule has 2 rings (SSSR count). The predicted molar refractivity (Wildman–Crippen MR) is 68.5 cm³/mol. The Labute approximate surface area is 109 Å². The Balaban J connectivity index is 2.28. The summed E-state index contributed by atoms with van der Waals surface area (Å²) in [5, 5.41) is 0. The summed E-state index contributed by atoms with van der Waals surface area (Å²) in [6.45, 7) is 2.08. The van der Waals surface area contributed by atoms with Crippen molar-refractivity contribution in [3.05, 3.63) is 48.0 Å². The van der Waals surface area contributed by atoms with Crippen LogP contribution in [0.4, 0.5) is 14.5 Å². The van der Waals surface area contributed by atoms with Crippen molar-refractivity contribution in [2.45, 2.75) is 6.92 Å². The van der Waals surface area contributed by atoms with E-state index in [1.165, 1.54) is 30.3 Å². The molecule has 0 spiro atoms. The van der Waals surface area contributed by atoms with Crippen molar-refractivity contribution in [1.82, 2.24) is 0 Å². The molecule has 0 radical (unpaired) electrons. The maximum absolute atomic E-state index is 13.5. The molecule has 0 amide bonds. The summed E-state index contributed by atoms with van der Waals surface area (Å²) in [6, 6.07) is 7.94. The molecule has 0 aliphatic rings. The van der Waals surface area contributed by atoms with E-state index in [1.54, 1.807) is 6.92 Å². The minimum absolute atomic E-state index is 0.0637. The Bertz CT molecular complexity index is 570. The maximum Gasteiger partial charge on any atom is 0.167 e. The zero-order chi connectivity index (χ0) is 13.8. The fourth-order valence-corrected chi connectivity index (χ4v) is 1.53. The van der Waals surface area contributed by atoms with Crippen LogP contribution in [0.15, 0.2) is 36.4 Å². The molecule has 0 saturated carbocycles. The van der Waals surface area contributed by atoms with Crippen molar-refractivity contribution < 1.29 is 18.3 Å². The van der Waals surface area contributed by atoms with Gasteiger partial charge in [0.1, 0.15) is 11.6 Å². The van der Waals surface area contributed by atoms with Gasteiger partial charge < -0.3 is 15.2 Å². The minimum atomic E-state index is -0.550. The molecular weight excluding hydrogens is 252 g/mol. The molecule has 0 heterocycles. The lowest BCUT2D eigenvalue weighted by Gasteiger charge is -2.11. The SMILES string of the molecule is CCOc1cc(Oc2ccc(F)cc2)c(N)cc1F. The van der Waals surface area contributed by atoms with E-state index >= 15 is 0 Å². The van der Waals surface area contributed by atoms with E-state index in [-0.39, 0.29) is 23.0 Å². The van der Waals surface area contributed by atoms with Crippen LogP contribution in [0.25, 0.3) is 0 Å². The van der Waals surface area contributed by atoms with Crippen molar-refractivity contribution in [3.8, 4) is 17.2 Å². The van der Waals surface area contributed by atoms with Crippen LogP contribution in [0, 0.1) is 11.6 Å². The molecule has 0 atom stereocenters. The van der Waals surface area contributed by atoms with Gasteiger partial charge in [0, 0.05) is 12.1 Å². The van der Waals surface area contributed by atoms with E-state index in [9.17, 15) is 8.78 Å². The first-order chi connectivity index (χ1) is 9.10. The molecule has 19 heavy (non-hydrogen) atoms. The van der Waals surface area contributed by atoms with Crippen LogP contribution in [-0.2, 0) is 0 Å². The largest absolute Gasteiger partial charge is 0.491 e. The van der Waals surface area contributed by atoms with Crippen molar-refractivity contribution in [1.29, 1.82) is 0 Å². The number of hydrogen-bond donors (Lipinski definition) is 1. The number of ether oxygens (including phenoxy) is 2. The second-order valence-corrected chi connectivity index (χ2v) is 3.81. The molecule has 2 N–H and O–H groups in total. The topological polar surface area (TPSA) is 44.5 Å². The second-order valence-electron chi connectivity index (χ2n) is 3.81. The molecule has 0 saturated heterocycles. The molecule has 2 aromatic carbocycles. The Morgan fingerprint density at radius 1 is 1.05 bits per heavy atom. The van der Waals surface area contributed by atoms with Crippen LogP contribution in [0.5, 0.6) is 17.2 Å². The van der Waals surface area contributed by atoms with Gasteiger partial charge in [0.05, 0.1) is 12.3 Å². The van der Waals surface area contributed by atoms with Gasteiger partial charge in [0.15, 0.2) is 17.3 Å². The third-order valence-electron chi connectivity index (χ3n) is 2.41. The molecule has 0 fully saturated rings. The standard InChI is InChI=1S/C14H13F2NO2/c1-2-18-13-8-14(12(17)7-11(13)16)19-10-5-3-9(15)4-6-10/h3-8H,2,17H2,1H3. The van der Waals surface area contributed by atoms with Gasteiger partial charge in [0.25, 0.3) is 0 Å². The summed E-state index contributed by atoms with van der Waals surface area (Å²) in [5.41, 5.74) is 5.81. The van der Waals surface area contributed by atoms with Crippen LogP contribution in [-0.4, -0.2) is 6.61 Å². The average molecular weight is 265 g/mol. The zero-order valence-corrected chi connectivity index (χ0v) is 10.3. The van der Waals surface area contributed by atoms with E-state index in [0.29, 0.717) is 12.4 Å². The number of hydrogen-bond acceptors (Lipinski definition) is 3.